The summed E-state index contributed by atoms with van der Waals surface area (Å²) in [5.74, 6) is 0.239. The zero-order valence-corrected chi connectivity index (χ0v) is 15.9. The summed E-state index contributed by atoms with van der Waals surface area (Å²) in [7, 11) is 0. The predicted molar refractivity (Wildman–Crippen MR) is 97.8 cm³/mol. The Bertz CT molecular complexity index is 704. The molecule has 0 amide bonds. The minimum Gasteiger partial charge on any atom is -0.483 e. The number of nitrogens with zero attached hydrogens (tertiary/aromatic N) is 3. The molecule has 8 heteroatoms. The lowest BCUT2D eigenvalue weighted by Gasteiger charge is -2.15. The standard InChI is InChI=1S/C17H27N5O.CH2O2/c1-11-5-13(19-18-11)6-12-8-22(10-15(12)23)9-14-7-16(21-20-14)17(2,3)4;2-1-3/h5,7,12,15,23H,6,8-10H2,1-4H3,(H,18,19)(H,20,21);1H,(H,2,3)/t12-,15+;/m1./s1. The van der Waals surface area contributed by atoms with Crippen molar-refractivity contribution < 1.29 is 15.0 Å². The Hall–Kier alpha value is -2.19. The molecule has 0 saturated carbocycles. The molecular formula is C18H29N5O3. The Morgan fingerprint density at radius 1 is 1.27 bits per heavy atom. The molecule has 2 aromatic rings. The molecule has 1 aliphatic heterocycles. The van der Waals surface area contributed by atoms with Gasteiger partial charge >= 0.3 is 0 Å². The van der Waals surface area contributed by atoms with E-state index in [9.17, 15) is 5.11 Å². The highest BCUT2D eigenvalue weighted by atomic mass is 16.3. The number of hydrogen-bond acceptors (Lipinski definition) is 5. The molecule has 1 aliphatic rings. The lowest BCUT2D eigenvalue weighted by atomic mass is 9.92. The van der Waals surface area contributed by atoms with Crippen LogP contribution < -0.4 is 0 Å². The molecule has 0 aliphatic carbocycles. The number of aromatic nitrogens is 4. The van der Waals surface area contributed by atoms with Crippen LogP contribution >= 0.6 is 0 Å². The van der Waals surface area contributed by atoms with Crippen LogP contribution in [0.1, 0.15) is 43.5 Å². The molecule has 3 heterocycles. The molecule has 144 valence electrons. The topological polar surface area (TPSA) is 118 Å². The molecule has 0 radical (unpaired) electrons. The zero-order valence-electron chi connectivity index (χ0n) is 15.9. The summed E-state index contributed by atoms with van der Waals surface area (Å²) in [5.41, 5.74) is 4.34. The van der Waals surface area contributed by atoms with Crippen molar-refractivity contribution in [1.82, 2.24) is 25.3 Å². The van der Waals surface area contributed by atoms with Crippen molar-refractivity contribution in [2.75, 3.05) is 13.1 Å². The monoisotopic (exact) mass is 363 g/mol. The van der Waals surface area contributed by atoms with Crippen LogP contribution in [0.25, 0.3) is 0 Å². The van der Waals surface area contributed by atoms with Crippen molar-refractivity contribution in [3.05, 3.63) is 34.9 Å². The van der Waals surface area contributed by atoms with Crippen LogP contribution in [0.5, 0.6) is 0 Å². The first-order valence-electron chi connectivity index (χ1n) is 8.77. The van der Waals surface area contributed by atoms with Crippen LogP contribution in [0.15, 0.2) is 12.1 Å². The van der Waals surface area contributed by atoms with E-state index in [1.54, 1.807) is 0 Å². The summed E-state index contributed by atoms with van der Waals surface area (Å²) in [5, 5.41) is 32.0. The zero-order chi connectivity index (χ0) is 19.3. The number of H-pyrrole nitrogens is 2. The first-order valence-corrected chi connectivity index (χ1v) is 8.77. The third kappa shape index (κ3) is 5.40. The number of likely N-dealkylation sites (tertiary alicyclic amines) is 1. The number of aromatic amines is 2. The van der Waals surface area contributed by atoms with E-state index >= 15 is 0 Å². The first kappa shape index (κ1) is 20.1. The van der Waals surface area contributed by atoms with E-state index < -0.39 is 0 Å². The van der Waals surface area contributed by atoms with E-state index in [4.69, 9.17) is 9.90 Å². The molecule has 0 spiro atoms. The van der Waals surface area contributed by atoms with Crippen molar-refractivity contribution in [2.45, 2.75) is 52.2 Å². The highest BCUT2D eigenvalue weighted by molar-refractivity contribution is 5.32. The number of nitrogens with one attached hydrogen (secondary N) is 2. The molecule has 3 rings (SSSR count). The Morgan fingerprint density at radius 2 is 1.96 bits per heavy atom. The van der Waals surface area contributed by atoms with Gasteiger partial charge in [0.1, 0.15) is 0 Å². The van der Waals surface area contributed by atoms with Gasteiger partial charge < -0.3 is 10.2 Å². The van der Waals surface area contributed by atoms with Gasteiger partial charge in [0, 0.05) is 42.4 Å². The van der Waals surface area contributed by atoms with Crippen molar-refractivity contribution in [3.63, 3.8) is 0 Å². The average molecular weight is 363 g/mol. The van der Waals surface area contributed by atoms with Gasteiger partial charge in [-0.1, -0.05) is 20.8 Å². The van der Waals surface area contributed by atoms with Crippen LogP contribution in [-0.2, 0) is 23.2 Å². The van der Waals surface area contributed by atoms with E-state index in [1.807, 2.05) is 6.92 Å². The molecule has 0 bridgehead atoms. The lowest BCUT2D eigenvalue weighted by molar-refractivity contribution is -0.122. The third-order valence-corrected chi connectivity index (χ3v) is 4.51. The Kier molecular flexibility index (Phi) is 6.55. The fourth-order valence-corrected chi connectivity index (χ4v) is 3.19. The predicted octanol–water partition coefficient (Wildman–Crippen LogP) is 1.47. The van der Waals surface area contributed by atoms with Crippen LogP contribution in [0.2, 0.25) is 0 Å². The van der Waals surface area contributed by atoms with Crippen LogP contribution in [0, 0.1) is 12.8 Å². The normalized spacial score (nSPS) is 20.7. The van der Waals surface area contributed by atoms with E-state index in [0.717, 1.165) is 42.3 Å². The largest absolute Gasteiger partial charge is 0.483 e. The number of aryl methyl sites for hydroxylation is 1. The highest BCUT2D eigenvalue weighted by Gasteiger charge is 2.32. The summed E-state index contributed by atoms with van der Waals surface area (Å²) in [6, 6.07) is 4.19. The average Bonchev–Trinajstić information content (AvgIpc) is 3.23. The quantitative estimate of drug-likeness (QED) is 0.611. The number of aliphatic hydroxyl groups is 1. The lowest BCUT2D eigenvalue weighted by Crippen LogP contribution is -2.21. The van der Waals surface area contributed by atoms with Gasteiger partial charge in [-0.15, -0.1) is 0 Å². The highest BCUT2D eigenvalue weighted by Crippen LogP contribution is 2.24. The Balaban J connectivity index is 0.000000758. The molecule has 1 fully saturated rings. The Labute approximate surface area is 153 Å². The van der Waals surface area contributed by atoms with Crippen molar-refractivity contribution >= 4 is 6.47 Å². The van der Waals surface area contributed by atoms with Gasteiger partial charge in [0.15, 0.2) is 0 Å². The van der Waals surface area contributed by atoms with Gasteiger partial charge in [-0.25, -0.2) is 0 Å². The van der Waals surface area contributed by atoms with E-state index in [2.05, 4.69) is 58.2 Å². The van der Waals surface area contributed by atoms with Crippen LogP contribution in [0.3, 0.4) is 0 Å². The molecule has 0 unspecified atom stereocenters. The van der Waals surface area contributed by atoms with Gasteiger partial charge in [0.25, 0.3) is 6.47 Å². The SMILES string of the molecule is Cc1cc(C[C@@H]2CN(Cc3cc(C(C)(C)C)n[nH]3)C[C@@H]2O)n[nH]1.O=CO. The van der Waals surface area contributed by atoms with E-state index in [0.29, 0.717) is 6.54 Å². The summed E-state index contributed by atoms with van der Waals surface area (Å²) >= 11 is 0. The third-order valence-electron chi connectivity index (χ3n) is 4.51. The number of rotatable bonds is 4. The van der Waals surface area contributed by atoms with Crippen molar-refractivity contribution in [2.24, 2.45) is 5.92 Å². The second-order valence-electron chi connectivity index (χ2n) is 7.90. The fourth-order valence-electron chi connectivity index (χ4n) is 3.19. The summed E-state index contributed by atoms with van der Waals surface area (Å²) in [6.07, 6.45) is 0.523. The van der Waals surface area contributed by atoms with E-state index in [1.165, 1.54) is 0 Å². The number of carbonyl (C=O) groups is 1. The number of carboxylic acid groups (broad SMARTS) is 1. The molecule has 0 aromatic carbocycles. The molecule has 8 nitrogen and oxygen atoms in total. The number of hydrogen-bond donors (Lipinski definition) is 4. The molecule has 26 heavy (non-hydrogen) atoms. The van der Waals surface area contributed by atoms with Crippen molar-refractivity contribution in [1.29, 1.82) is 0 Å². The fraction of sp³-hybridized carbons (Fsp3) is 0.611. The van der Waals surface area contributed by atoms with Gasteiger partial charge in [-0.3, -0.25) is 19.9 Å². The Morgan fingerprint density at radius 3 is 2.50 bits per heavy atom. The van der Waals surface area contributed by atoms with Crippen LogP contribution in [-0.4, -0.2) is 61.2 Å². The number of β-amino-alcohol motifs (C(OH)–C–C–N with tert-alkyl or cyclic N) is 1. The van der Waals surface area contributed by atoms with Crippen LogP contribution in [0.4, 0.5) is 0 Å². The second kappa shape index (κ2) is 8.46. The molecule has 2 atom stereocenters. The maximum Gasteiger partial charge on any atom is 0.290 e. The van der Waals surface area contributed by atoms with Gasteiger partial charge in [-0.05, 0) is 25.5 Å². The number of aliphatic hydroxyl groups excluding tert-OH is 1. The maximum atomic E-state index is 10.3. The molecule has 4 N–H and O–H groups in total. The minimum absolute atomic E-state index is 0.0552. The summed E-state index contributed by atoms with van der Waals surface area (Å²) < 4.78 is 0. The summed E-state index contributed by atoms with van der Waals surface area (Å²) in [4.78, 5) is 10.6. The molecular weight excluding hydrogens is 334 g/mol. The summed E-state index contributed by atoms with van der Waals surface area (Å²) in [6.45, 7) is 10.6. The first-order chi connectivity index (χ1) is 12.2. The van der Waals surface area contributed by atoms with Crippen molar-refractivity contribution in [3.8, 4) is 0 Å². The molecule has 2 aromatic heterocycles. The van der Waals surface area contributed by atoms with E-state index in [-0.39, 0.29) is 23.9 Å². The second-order valence-corrected chi connectivity index (χ2v) is 7.90. The van der Waals surface area contributed by atoms with Gasteiger partial charge in [0.2, 0.25) is 0 Å². The maximum absolute atomic E-state index is 10.3. The van der Waals surface area contributed by atoms with Gasteiger partial charge in [0.05, 0.1) is 17.5 Å². The van der Waals surface area contributed by atoms with Gasteiger partial charge in [-0.2, -0.15) is 10.2 Å². The molecule has 1 saturated heterocycles. The minimum atomic E-state index is -0.294. The smallest absolute Gasteiger partial charge is 0.290 e.